The Bertz CT molecular complexity index is 1560. The number of carboxylic acids is 1. The van der Waals surface area contributed by atoms with E-state index in [1.54, 1.807) is 43.1 Å². The number of carboxylic acid groups (broad SMARTS) is 1. The second kappa shape index (κ2) is 12.9. The number of thioether (sulfide) groups is 1. The predicted molar refractivity (Wildman–Crippen MR) is 149 cm³/mol. The molecule has 14 heteroatoms. The van der Waals surface area contributed by atoms with E-state index in [0.29, 0.717) is 35.0 Å². The number of hydrogen-bond acceptors (Lipinski definition) is 7. The normalized spacial score (nSPS) is 14.4. The van der Waals surface area contributed by atoms with E-state index in [0.717, 1.165) is 35.8 Å². The molecule has 41 heavy (non-hydrogen) atoms. The van der Waals surface area contributed by atoms with E-state index in [4.69, 9.17) is 20.6 Å². The molecule has 10 nitrogen and oxygen atoms in total. The number of halogens is 3. The highest BCUT2D eigenvalue weighted by Gasteiger charge is 2.38. The highest BCUT2D eigenvalue weighted by molar-refractivity contribution is 8.00. The summed E-state index contributed by atoms with van der Waals surface area (Å²) in [5.74, 6) is -3.05. The second-order valence-corrected chi connectivity index (χ2v) is 11.4. The molecule has 3 aromatic rings. The summed E-state index contributed by atoms with van der Waals surface area (Å²) in [6, 6.07) is 8.68. The zero-order valence-electron chi connectivity index (χ0n) is 22.9. The van der Waals surface area contributed by atoms with Crippen LogP contribution in [0.2, 0.25) is 0 Å². The van der Waals surface area contributed by atoms with Gasteiger partial charge in [-0.1, -0.05) is 66.6 Å². The van der Waals surface area contributed by atoms with Gasteiger partial charge in [-0.15, -0.1) is 0 Å². The van der Waals surface area contributed by atoms with E-state index in [2.05, 4.69) is 0 Å². The summed E-state index contributed by atoms with van der Waals surface area (Å²) in [6.45, 7) is 4.64. The van der Waals surface area contributed by atoms with E-state index >= 15 is 0 Å². The molecule has 0 radical (unpaired) electrons. The Morgan fingerprint density at radius 2 is 1.71 bits per heavy atom. The zero-order valence-corrected chi connectivity index (χ0v) is 23.7. The van der Waals surface area contributed by atoms with Crippen molar-refractivity contribution in [2.24, 2.45) is 12.8 Å². The van der Waals surface area contributed by atoms with Crippen molar-refractivity contribution in [2.45, 2.75) is 68.7 Å². The van der Waals surface area contributed by atoms with Crippen molar-refractivity contribution in [1.82, 2.24) is 18.7 Å². The second-order valence-electron chi connectivity index (χ2n) is 9.98. The fourth-order valence-corrected chi connectivity index (χ4v) is 5.80. The van der Waals surface area contributed by atoms with Gasteiger partial charge in [0.2, 0.25) is 0 Å². The van der Waals surface area contributed by atoms with Crippen LogP contribution in [0.3, 0.4) is 0 Å². The van der Waals surface area contributed by atoms with Crippen LogP contribution >= 0.6 is 11.8 Å². The summed E-state index contributed by atoms with van der Waals surface area (Å²) in [5, 5.41) is 7.80. The summed E-state index contributed by atoms with van der Waals surface area (Å²) >= 11 is 1.61. The van der Waals surface area contributed by atoms with Gasteiger partial charge in [-0.25, -0.2) is 14.6 Å². The molecular formula is C27H32F3N5O5S. The number of Topliss-reactive ketones (excluding diaryl/α,β-unsaturated/α-hetero) is 1. The minimum Gasteiger partial charge on any atom is -0.475 e. The van der Waals surface area contributed by atoms with Crippen LogP contribution in [0.5, 0.6) is 0 Å². The maximum atomic E-state index is 13.6. The molecular weight excluding hydrogens is 563 g/mol. The van der Waals surface area contributed by atoms with Gasteiger partial charge in [-0.3, -0.25) is 18.7 Å². The van der Waals surface area contributed by atoms with Gasteiger partial charge in [0.05, 0.1) is 6.54 Å². The van der Waals surface area contributed by atoms with Gasteiger partial charge in [-0.05, 0) is 26.7 Å². The van der Waals surface area contributed by atoms with Gasteiger partial charge in [0.25, 0.3) is 5.56 Å². The Balaban J connectivity index is 0.000000587. The number of nitrogens with zero attached hydrogens (tertiary/aromatic N) is 4. The maximum Gasteiger partial charge on any atom is 0.490 e. The number of fused-ring (bicyclic) bond motifs is 1. The molecule has 1 aromatic carbocycles. The maximum absolute atomic E-state index is 13.6. The number of rotatable bonds is 8. The lowest BCUT2D eigenvalue weighted by Gasteiger charge is -2.25. The molecule has 1 fully saturated rings. The molecule has 2 heterocycles. The first-order valence-electron chi connectivity index (χ1n) is 12.8. The number of alkyl halides is 3. The number of aliphatic carboxylic acids is 1. The average molecular weight is 596 g/mol. The molecule has 222 valence electrons. The summed E-state index contributed by atoms with van der Waals surface area (Å²) in [6.07, 6.45) is 1.17. The molecule has 0 bridgehead atoms. The number of aromatic nitrogens is 4. The molecule has 2 aromatic heterocycles. The Morgan fingerprint density at radius 1 is 1.12 bits per heavy atom. The first kappa shape index (κ1) is 31.9. The van der Waals surface area contributed by atoms with E-state index in [1.165, 1.54) is 4.57 Å². The molecule has 0 aliphatic heterocycles. The van der Waals surface area contributed by atoms with Crippen LogP contribution in [0.25, 0.3) is 11.2 Å². The van der Waals surface area contributed by atoms with Crippen LogP contribution in [0.1, 0.15) is 49.9 Å². The van der Waals surface area contributed by atoms with E-state index in [1.807, 2.05) is 30.6 Å². The molecule has 0 unspecified atom stereocenters. The average Bonchev–Trinajstić information content (AvgIpc) is 3.54. The smallest absolute Gasteiger partial charge is 0.475 e. The summed E-state index contributed by atoms with van der Waals surface area (Å²) in [5.41, 5.74) is 7.33. The first-order chi connectivity index (χ1) is 19.2. The van der Waals surface area contributed by atoms with E-state index < -0.39 is 23.4 Å². The van der Waals surface area contributed by atoms with Gasteiger partial charge >= 0.3 is 17.8 Å². The highest BCUT2D eigenvalue weighted by atomic mass is 32.2. The third-order valence-corrected chi connectivity index (χ3v) is 8.22. The minimum atomic E-state index is -5.08. The lowest BCUT2D eigenvalue weighted by atomic mass is 10.1. The van der Waals surface area contributed by atoms with E-state index in [-0.39, 0.29) is 17.1 Å². The van der Waals surface area contributed by atoms with Gasteiger partial charge in [0.15, 0.2) is 22.1 Å². The van der Waals surface area contributed by atoms with Crippen molar-refractivity contribution in [3.63, 3.8) is 0 Å². The van der Waals surface area contributed by atoms with Crippen LogP contribution < -0.4 is 17.0 Å². The molecule has 3 N–H and O–H groups in total. The Morgan fingerprint density at radius 3 is 2.22 bits per heavy atom. The third-order valence-electron chi connectivity index (χ3n) is 6.71. The molecule has 0 saturated heterocycles. The lowest BCUT2D eigenvalue weighted by Crippen LogP contribution is -2.41. The molecule has 0 amide bonds. The number of aryl methyl sites for hydroxylation is 1. The van der Waals surface area contributed by atoms with Crippen molar-refractivity contribution in [1.29, 1.82) is 0 Å². The zero-order chi connectivity index (χ0) is 30.5. The standard InChI is InChI=1S/C25H31N5O3S.C2HF3O2/c1-17(2)11-14-29-20-21(27-23(29)34-25(16-26)12-7-8-13-25)28(3)24(33)30(22(20)32)15-19(31)18-9-5-4-6-10-18;3-2(4,5)1(6)7/h4-6,9-11H,7-8,12-16,26H2,1-3H3;(H,6,7). The van der Waals surface area contributed by atoms with Crippen molar-refractivity contribution in [3.8, 4) is 0 Å². The molecule has 1 aliphatic carbocycles. The SMILES string of the molecule is CC(C)=CCn1c(SC2(CN)CCCC2)nc2c1c(=O)n(CC(=O)c1ccccc1)c(=O)n2C.O=C(O)C(F)(F)F. The molecule has 0 spiro atoms. The number of allylic oxidation sites excluding steroid dienone is 2. The van der Waals surface area contributed by atoms with Crippen LogP contribution in [0, 0.1) is 0 Å². The van der Waals surface area contributed by atoms with Crippen molar-refractivity contribution >= 4 is 34.7 Å². The first-order valence-corrected chi connectivity index (χ1v) is 13.6. The Hall–Kier alpha value is -3.65. The number of hydrogen-bond donors (Lipinski definition) is 2. The Labute approximate surface area is 237 Å². The number of ketones is 1. The van der Waals surface area contributed by atoms with Crippen LogP contribution in [0.4, 0.5) is 13.2 Å². The van der Waals surface area contributed by atoms with Crippen molar-refractivity contribution in [2.75, 3.05) is 6.54 Å². The number of carbonyl (C=O) groups excluding carboxylic acids is 1. The molecule has 1 aliphatic rings. The minimum absolute atomic E-state index is 0.120. The van der Waals surface area contributed by atoms with Crippen LogP contribution in [0.15, 0.2) is 56.7 Å². The molecule has 1 saturated carbocycles. The predicted octanol–water partition coefficient (Wildman–Crippen LogP) is 3.74. The molecule has 4 rings (SSSR count). The van der Waals surface area contributed by atoms with Gasteiger partial charge in [0, 0.05) is 30.4 Å². The number of nitrogens with two attached hydrogens (primary N) is 1. The van der Waals surface area contributed by atoms with Gasteiger partial charge in [0.1, 0.15) is 0 Å². The quantitative estimate of drug-likeness (QED) is 0.296. The van der Waals surface area contributed by atoms with Gasteiger partial charge < -0.3 is 15.4 Å². The summed E-state index contributed by atoms with van der Waals surface area (Å²) in [7, 11) is 1.59. The fourth-order valence-electron chi connectivity index (χ4n) is 4.43. The van der Waals surface area contributed by atoms with Gasteiger partial charge in [-0.2, -0.15) is 13.2 Å². The number of benzene rings is 1. The number of carbonyl (C=O) groups is 2. The monoisotopic (exact) mass is 595 g/mol. The Kier molecular flexibility index (Phi) is 10.0. The summed E-state index contributed by atoms with van der Waals surface area (Å²) < 4.78 is 35.9. The van der Waals surface area contributed by atoms with Crippen LogP contribution in [-0.2, 0) is 24.9 Å². The lowest BCUT2D eigenvalue weighted by molar-refractivity contribution is -0.192. The summed E-state index contributed by atoms with van der Waals surface area (Å²) in [4.78, 5) is 53.2. The van der Waals surface area contributed by atoms with Crippen molar-refractivity contribution in [3.05, 3.63) is 68.4 Å². The van der Waals surface area contributed by atoms with Crippen molar-refractivity contribution < 1.29 is 27.9 Å². The molecule has 0 atom stereocenters. The third kappa shape index (κ3) is 7.36. The largest absolute Gasteiger partial charge is 0.490 e. The van der Waals surface area contributed by atoms with E-state index in [9.17, 15) is 27.6 Å². The van der Waals surface area contributed by atoms with Crippen LogP contribution in [-0.4, -0.2) is 53.0 Å². The highest BCUT2D eigenvalue weighted by Crippen LogP contribution is 2.44. The number of imidazole rings is 1. The fraction of sp³-hybridized carbons (Fsp3) is 0.444. The topological polar surface area (TPSA) is 142 Å².